The molecule has 0 saturated heterocycles. The van der Waals surface area contributed by atoms with E-state index in [0.717, 1.165) is 6.26 Å². The van der Waals surface area contributed by atoms with Crippen molar-refractivity contribution in [2.75, 3.05) is 16.7 Å². The van der Waals surface area contributed by atoms with Crippen molar-refractivity contribution in [3.8, 4) is 5.75 Å². The third kappa shape index (κ3) is 4.64. The number of hydrogen-bond acceptors (Lipinski definition) is 6. The van der Waals surface area contributed by atoms with Gasteiger partial charge < -0.3 is 15.6 Å². The molecule has 5 N–H and O–H groups in total. The normalized spacial score (nSPS) is 12.3. The smallest absolute Gasteiger partial charge is 0.176 e. The van der Waals surface area contributed by atoms with Crippen molar-refractivity contribution in [2.24, 2.45) is 0 Å². The van der Waals surface area contributed by atoms with Crippen LogP contribution >= 0.6 is 0 Å². The Kier molecular flexibility index (Phi) is 5.71. The van der Waals surface area contributed by atoms with Crippen LogP contribution in [0.1, 0.15) is 11.1 Å². The molecule has 3 rings (SSSR count). The Balaban J connectivity index is 1.92. The van der Waals surface area contributed by atoms with Crippen molar-refractivity contribution >= 4 is 37.9 Å². The summed E-state index contributed by atoms with van der Waals surface area (Å²) in [7, 11) is -5.39. The molecule has 7 nitrogen and oxygen atoms in total. The Bertz CT molecular complexity index is 1210. The third-order valence-corrected chi connectivity index (χ3v) is 6.60. The Hall–Kier alpha value is -3.17. The van der Waals surface area contributed by atoms with Gasteiger partial charge in [0.1, 0.15) is 5.75 Å². The summed E-state index contributed by atoms with van der Waals surface area (Å²) in [6, 6.07) is 16.9. The number of benzene rings is 3. The molecule has 0 bridgehead atoms. The number of nitrogens with one attached hydrogen (secondary N) is 2. The molecule has 0 heterocycles. The zero-order valence-corrected chi connectivity index (χ0v) is 17.0. The molecule has 0 aromatic heterocycles. The second-order valence-electron chi connectivity index (χ2n) is 6.31. The predicted molar refractivity (Wildman–Crippen MR) is 114 cm³/mol. The van der Waals surface area contributed by atoms with E-state index in [0.29, 0.717) is 22.5 Å². The maximum atomic E-state index is 12.8. The molecule has 0 radical (unpaired) electrons. The fraction of sp³-hybridized carbons (Fsp3) is 0.0500. The largest absolute Gasteiger partial charge is 0.508 e. The van der Waals surface area contributed by atoms with E-state index in [2.05, 4.69) is 4.72 Å². The summed E-state index contributed by atoms with van der Waals surface area (Å²) in [6.45, 7) is 0. The molecule has 9 heteroatoms. The van der Waals surface area contributed by atoms with Gasteiger partial charge in [0.05, 0.1) is 15.5 Å². The average Bonchev–Trinajstić information content (AvgIpc) is 2.69. The van der Waals surface area contributed by atoms with E-state index >= 15 is 0 Å². The van der Waals surface area contributed by atoms with Gasteiger partial charge in [0.15, 0.2) is 20.8 Å². The molecular formula is C20H19N3O4S2. The zero-order chi connectivity index (χ0) is 21.2. The van der Waals surface area contributed by atoms with Crippen molar-refractivity contribution in [3.63, 3.8) is 0 Å². The second-order valence-corrected chi connectivity index (χ2v) is 9.48. The number of nitrogens with two attached hydrogens (primary N) is 1. The third-order valence-electron chi connectivity index (χ3n) is 4.14. The lowest BCUT2D eigenvalue weighted by Gasteiger charge is -2.13. The zero-order valence-electron chi connectivity index (χ0n) is 15.4. The molecule has 0 amide bonds. The number of nitrogen functional groups attached to an aromatic ring is 1. The maximum absolute atomic E-state index is 12.8. The van der Waals surface area contributed by atoms with Crippen molar-refractivity contribution in [1.82, 2.24) is 0 Å². The average molecular weight is 430 g/mol. The highest BCUT2D eigenvalue weighted by molar-refractivity contribution is 7.92. The molecule has 0 aliphatic heterocycles. The lowest BCUT2D eigenvalue weighted by molar-refractivity contribution is 0.475. The van der Waals surface area contributed by atoms with Gasteiger partial charge in [-0.05, 0) is 54.6 Å². The van der Waals surface area contributed by atoms with Crippen LogP contribution in [0.25, 0.3) is 0 Å². The summed E-state index contributed by atoms with van der Waals surface area (Å²) in [5.74, 6) is 0.0878. The predicted octanol–water partition coefficient (Wildman–Crippen LogP) is 2.93. The van der Waals surface area contributed by atoms with Crippen molar-refractivity contribution in [1.29, 1.82) is 5.41 Å². The molecule has 0 saturated carbocycles. The number of phenols is 1. The van der Waals surface area contributed by atoms with Crippen LogP contribution in [0, 0.1) is 5.41 Å². The molecule has 0 aliphatic carbocycles. The van der Waals surface area contributed by atoms with Gasteiger partial charge in [0, 0.05) is 28.8 Å². The minimum absolute atomic E-state index is 0.0154. The first-order valence-electron chi connectivity index (χ1n) is 8.42. The topological polar surface area (TPSA) is 133 Å². The van der Waals surface area contributed by atoms with Gasteiger partial charge in [-0.2, -0.15) is 0 Å². The van der Waals surface area contributed by atoms with Crippen LogP contribution in [0.15, 0.2) is 76.5 Å². The van der Waals surface area contributed by atoms with E-state index in [9.17, 15) is 17.7 Å². The monoisotopic (exact) mass is 429 g/mol. The highest BCUT2D eigenvalue weighted by Crippen LogP contribution is 2.25. The highest BCUT2D eigenvalue weighted by Gasteiger charge is 2.18. The van der Waals surface area contributed by atoms with Crippen LogP contribution in [0.3, 0.4) is 0 Å². The lowest BCUT2D eigenvalue weighted by Crippen LogP contribution is -2.11. The summed E-state index contributed by atoms with van der Waals surface area (Å²) in [4.78, 5) is 0.125. The van der Waals surface area contributed by atoms with Gasteiger partial charge in [0.25, 0.3) is 0 Å². The van der Waals surface area contributed by atoms with E-state index in [1.165, 1.54) is 24.3 Å². The number of anilines is 2. The van der Waals surface area contributed by atoms with Crippen LogP contribution in [0.4, 0.5) is 11.4 Å². The molecule has 150 valence electrons. The van der Waals surface area contributed by atoms with Crippen LogP contribution in [-0.4, -0.2) is 29.7 Å². The summed E-state index contributed by atoms with van der Waals surface area (Å²) < 4.78 is 39.5. The molecule has 3 aromatic carbocycles. The quantitative estimate of drug-likeness (QED) is 0.353. The van der Waals surface area contributed by atoms with Gasteiger partial charge in [-0.15, -0.1) is 0 Å². The van der Waals surface area contributed by atoms with Crippen LogP contribution in [0.5, 0.6) is 5.75 Å². The number of hydrogen-bond donors (Lipinski definition) is 4. The number of sulfone groups is 1. The number of phenolic OH excluding ortho intramolecular Hbond substituents is 1. The molecular weight excluding hydrogens is 410 g/mol. The van der Waals surface area contributed by atoms with Crippen LogP contribution in [-0.2, 0) is 20.8 Å². The summed E-state index contributed by atoms with van der Waals surface area (Å²) in [5.41, 5.74) is 7.88. The van der Waals surface area contributed by atoms with Crippen molar-refractivity contribution in [2.45, 2.75) is 9.79 Å². The number of aromatic hydroxyl groups is 1. The Morgan fingerprint density at radius 2 is 1.72 bits per heavy atom. The van der Waals surface area contributed by atoms with E-state index in [1.807, 2.05) is 0 Å². The molecule has 0 fully saturated rings. The molecule has 1 atom stereocenters. The molecule has 3 aromatic rings. The second kappa shape index (κ2) is 8.06. The standard InChI is InChI=1S/C20H19N3O4S2/c1-29(26,27)19-5-3-2-4-18(19)28(25)23-14-8-11-17(21)16(12-14)20(22)13-6-9-15(24)10-7-13/h2-12,22-24H,21H2,1H3. The van der Waals surface area contributed by atoms with Gasteiger partial charge in [-0.3, -0.25) is 5.41 Å². The van der Waals surface area contributed by atoms with E-state index in [1.54, 1.807) is 42.5 Å². The Labute approximate surface area is 171 Å². The van der Waals surface area contributed by atoms with Crippen LogP contribution in [0.2, 0.25) is 0 Å². The Morgan fingerprint density at radius 1 is 1.07 bits per heavy atom. The van der Waals surface area contributed by atoms with Gasteiger partial charge >= 0.3 is 0 Å². The van der Waals surface area contributed by atoms with E-state index < -0.39 is 20.8 Å². The first kappa shape index (κ1) is 20.6. The minimum atomic E-state index is -3.55. The van der Waals surface area contributed by atoms with Crippen molar-refractivity contribution in [3.05, 3.63) is 77.9 Å². The fourth-order valence-corrected chi connectivity index (χ4v) is 5.04. The SMILES string of the molecule is CS(=O)(=O)c1ccccc1S(=O)Nc1ccc(N)c(C(=N)c2ccc(O)cc2)c1. The highest BCUT2D eigenvalue weighted by atomic mass is 32.2. The van der Waals surface area contributed by atoms with Gasteiger partial charge in [0.2, 0.25) is 0 Å². The van der Waals surface area contributed by atoms with E-state index in [-0.39, 0.29) is 21.3 Å². The molecule has 1 unspecified atom stereocenters. The summed E-state index contributed by atoms with van der Waals surface area (Å²) >= 11 is 0. The molecule has 0 spiro atoms. The summed E-state index contributed by atoms with van der Waals surface area (Å²) in [6.07, 6.45) is 1.06. The first-order valence-corrected chi connectivity index (χ1v) is 11.5. The Morgan fingerprint density at radius 3 is 2.38 bits per heavy atom. The van der Waals surface area contributed by atoms with E-state index in [4.69, 9.17) is 11.1 Å². The van der Waals surface area contributed by atoms with Gasteiger partial charge in [-0.25, -0.2) is 12.6 Å². The van der Waals surface area contributed by atoms with Crippen molar-refractivity contribution < 1.29 is 17.7 Å². The first-order chi connectivity index (χ1) is 13.7. The lowest BCUT2D eigenvalue weighted by atomic mass is 10.0. The fourth-order valence-electron chi connectivity index (χ4n) is 2.69. The van der Waals surface area contributed by atoms with Gasteiger partial charge in [-0.1, -0.05) is 12.1 Å². The molecule has 29 heavy (non-hydrogen) atoms. The maximum Gasteiger partial charge on any atom is 0.176 e. The minimum Gasteiger partial charge on any atom is -0.508 e. The summed E-state index contributed by atoms with van der Waals surface area (Å²) in [5, 5.41) is 17.8. The van der Waals surface area contributed by atoms with Crippen LogP contribution < -0.4 is 10.5 Å². The molecule has 0 aliphatic rings. The number of rotatable bonds is 6.